The molecule has 5 nitrogen and oxygen atoms in total. The third-order valence-electron chi connectivity index (χ3n) is 3.42. The standard InChI is InChI=1S/C14H25N3O2/c1-5-18-11(14(2,3)4)12-16-13(19-17-12)10-8-6-7-9-15-10/h10-11,15H,5-9H2,1-4H3. The lowest BCUT2D eigenvalue weighted by Gasteiger charge is -2.27. The summed E-state index contributed by atoms with van der Waals surface area (Å²) in [5.41, 5.74) is -0.0445. The number of rotatable bonds is 4. The average Bonchev–Trinajstić information content (AvgIpc) is 2.84. The topological polar surface area (TPSA) is 60.2 Å². The molecule has 0 saturated carbocycles. The lowest BCUT2D eigenvalue weighted by atomic mass is 9.88. The monoisotopic (exact) mass is 267 g/mol. The van der Waals surface area contributed by atoms with Crippen LogP contribution in [0.5, 0.6) is 0 Å². The molecule has 5 heteroatoms. The molecule has 1 aliphatic heterocycles. The van der Waals surface area contributed by atoms with Gasteiger partial charge in [0, 0.05) is 6.61 Å². The van der Waals surface area contributed by atoms with E-state index in [0.29, 0.717) is 18.3 Å². The Morgan fingerprint density at radius 1 is 1.42 bits per heavy atom. The van der Waals surface area contributed by atoms with Crippen molar-refractivity contribution >= 4 is 0 Å². The molecule has 2 atom stereocenters. The number of nitrogens with zero attached hydrogens (tertiary/aromatic N) is 2. The van der Waals surface area contributed by atoms with E-state index in [2.05, 4.69) is 36.2 Å². The molecular weight excluding hydrogens is 242 g/mol. The van der Waals surface area contributed by atoms with Gasteiger partial charge in [-0.05, 0) is 31.7 Å². The van der Waals surface area contributed by atoms with E-state index < -0.39 is 0 Å². The van der Waals surface area contributed by atoms with E-state index in [1.807, 2.05) is 6.92 Å². The van der Waals surface area contributed by atoms with Crippen LogP contribution in [-0.2, 0) is 4.74 Å². The van der Waals surface area contributed by atoms with Crippen molar-refractivity contribution in [3.63, 3.8) is 0 Å². The highest BCUT2D eigenvalue weighted by Crippen LogP contribution is 2.35. The maximum atomic E-state index is 5.79. The van der Waals surface area contributed by atoms with Crippen LogP contribution in [0.1, 0.15) is 70.8 Å². The second-order valence-corrected chi connectivity index (χ2v) is 6.19. The maximum Gasteiger partial charge on any atom is 0.243 e. The Morgan fingerprint density at radius 2 is 2.21 bits per heavy atom. The second-order valence-electron chi connectivity index (χ2n) is 6.19. The first kappa shape index (κ1) is 14.5. The number of ether oxygens (including phenoxy) is 1. The van der Waals surface area contributed by atoms with Crippen molar-refractivity contribution in [2.45, 2.75) is 59.1 Å². The van der Waals surface area contributed by atoms with Gasteiger partial charge in [-0.2, -0.15) is 4.98 Å². The molecule has 0 radical (unpaired) electrons. The molecule has 0 aliphatic carbocycles. The van der Waals surface area contributed by atoms with Gasteiger partial charge in [-0.25, -0.2) is 0 Å². The van der Waals surface area contributed by atoms with Crippen molar-refractivity contribution in [1.29, 1.82) is 0 Å². The van der Waals surface area contributed by atoms with Gasteiger partial charge in [0.15, 0.2) is 0 Å². The van der Waals surface area contributed by atoms with Crippen LogP contribution < -0.4 is 5.32 Å². The zero-order valence-electron chi connectivity index (χ0n) is 12.4. The summed E-state index contributed by atoms with van der Waals surface area (Å²) in [6.07, 6.45) is 3.37. The molecule has 1 fully saturated rings. The van der Waals surface area contributed by atoms with E-state index in [0.717, 1.165) is 13.0 Å². The maximum absolute atomic E-state index is 5.79. The normalized spacial score (nSPS) is 22.4. The molecule has 0 amide bonds. The molecule has 1 N–H and O–H groups in total. The molecule has 0 spiro atoms. The van der Waals surface area contributed by atoms with Gasteiger partial charge in [-0.1, -0.05) is 32.3 Å². The lowest BCUT2D eigenvalue weighted by molar-refractivity contribution is -0.0203. The summed E-state index contributed by atoms with van der Waals surface area (Å²) in [7, 11) is 0. The van der Waals surface area contributed by atoms with E-state index in [9.17, 15) is 0 Å². The SMILES string of the molecule is CCOC(c1noc(C2CCCCN2)n1)C(C)(C)C. The van der Waals surface area contributed by atoms with Crippen molar-refractivity contribution in [2.24, 2.45) is 5.41 Å². The first-order valence-electron chi connectivity index (χ1n) is 7.21. The Labute approximate surface area is 115 Å². The smallest absolute Gasteiger partial charge is 0.243 e. The summed E-state index contributed by atoms with van der Waals surface area (Å²) in [5.74, 6) is 1.36. The molecule has 2 heterocycles. The Bertz CT molecular complexity index is 392. The fraction of sp³-hybridized carbons (Fsp3) is 0.857. The molecule has 1 aliphatic rings. The quantitative estimate of drug-likeness (QED) is 0.908. The number of nitrogens with one attached hydrogen (secondary N) is 1. The van der Waals surface area contributed by atoms with E-state index in [1.54, 1.807) is 0 Å². The van der Waals surface area contributed by atoms with Crippen molar-refractivity contribution in [2.75, 3.05) is 13.2 Å². The minimum atomic E-state index is -0.126. The van der Waals surface area contributed by atoms with Crippen LogP contribution in [0.25, 0.3) is 0 Å². The third-order valence-corrected chi connectivity index (χ3v) is 3.42. The Hall–Kier alpha value is -0.940. The van der Waals surface area contributed by atoms with Crippen LogP contribution in [0.3, 0.4) is 0 Å². The fourth-order valence-electron chi connectivity index (χ4n) is 2.44. The van der Waals surface area contributed by atoms with Gasteiger partial charge in [0.1, 0.15) is 6.10 Å². The number of hydrogen-bond acceptors (Lipinski definition) is 5. The second kappa shape index (κ2) is 6.01. The van der Waals surface area contributed by atoms with E-state index in [4.69, 9.17) is 9.26 Å². The summed E-state index contributed by atoms with van der Waals surface area (Å²) < 4.78 is 11.2. The van der Waals surface area contributed by atoms with Gasteiger partial charge >= 0.3 is 0 Å². The van der Waals surface area contributed by atoms with Crippen molar-refractivity contribution < 1.29 is 9.26 Å². The molecule has 2 unspecified atom stereocenters. The number of piperidine rings is 1. The van der Waals surface area contributed by atoms with Crippen molar-refractivity contribution in [3.05, 3.63) is 11.7 Å². The number of aromatic nitrogens is 2. The first-order chi connectivity index (χ1) is 9.02. The molecule has 1 saturated heterocycles. The van der Waals surface area contributed by atoms with Crippen molar-refractivity contribution in [1.82, 2.24) is 15.5 Å². The minimum absolute atomic E-state index is 0.0445. The summed E-state index contributed by atoms with van der Waals surface area (Å²) >= 11 is 0. The predicted octanol–water partition coefficient (Wildman–Crippen LogP) is 3.01. The Kier molecular flexibility index (Phi) is 4.58. The molecule has 1 aromatic rings. The van der Waals surface area contributed by atoms with Crippen LogP contribution in [-0.4, -0.2) is 23.3 Å². The summed E-state index contributed by atoms with van der Waals surface area (Å²) in [6, 6.07) is 0.206. The summed E-state index contributed by atoms with van der Waals surface area (Å²) in [6.45, 7) is 10.0. The highest BCUT2D eigenvalue weighted by Gasteiger charge is 2.32. The zero-order chi connectivity index (χ0) is 13.9. The van der Waals surface area contributed by atoms with Crippen LogP contribution in [0.15, 0.2) is 4.52 Å². The molecule has 19 heavy (non-hydrogen) atoms. The summed E-state index contributed by atoms with van der Waals surface area (Å²) in [5, 5.41) is 7.55. The predicted molar refractivity (Wildman–Crippen MR) is 72.7 cm³/mol. The Balaban J connectivity index is 2.13. The Morgan fingerprint density at radius 3 is 2.79 bits per heavy atom. The average molecular weight is 267 g/mol. The van der Waals surface area contributed by atoms with Gasteiger partial charge in [0.2, 0.25) is 11.7 Å². The van der Waals surface area contributed by atoms with Crippen molar-refractivity contribution in [3.8, 4) is 0 Å². The largest absolute Gasteiger partial charge is 0.370 e. The van der Waals surface area contributed by atoms with Gasteiger partial charge < -0.3 is 14.6 Å². The third kappa shape index (κ3) is 3.54. The highest BCUT2D eigenvalue weighted by molar-refractivity contribution is 5.00. The van der Waals surface area contributed by atoms with E-state index in [1.165, 1.54) is 12.8 Å². The van der Waals surface area contributed by atoms with E-state index in [-0.39, 0.29) is 17.6 Å². The zero-order valence-corrected chi connectivity index (χ0v) is 12.4. The summed E-state index contributed by atoms with van der Waals surface area (Å²) in [4.78, 5) is 4.55. The minimum Gasteiger partial charge on any atom is -0.370 e. The molecule has 108 valence electrons. The molecule has 2 rings (SSSR count). The van der Waals surface area contributed by atoms with Crippen LogP contribution in [0.4, 0.5) is 0 Å². The van der Waals surface area contributed by atoms with Gasteiger partial charge in [0.25, 0.3) is 0 Å². The first-order valence-corrected chi connectivity index (χ1v) is 7.21. The van der Waals surface area contributed by atoms with Gasteiger partial charge in [-0.15, -0.1) is 0 Å². The fourth-order valence-corrected chi connectivity index (χ4v) is 2.44. The number of hydrogen-bond donors (Lipinski definition) is 1. The van der Waals surface area contributed by atoms with Crippen LogP contribution in [0, 0.1) is 5.41 Å². The van der Waals surface area contributed by atoms with E-state index >= 15 is 0 Å². The van der Waals surface area contributed by atoms with Crippen LogP contribution in [0.2, 0.25) is 0 Å². The lowest BCUT2D eigenvalue weighted by Crippen LogP contribution is -2.27. The molecule has 0 aromatic carbocycles. The van der Waals surface area contributed by atoms with Crippen LogP contribution >= 0.6 is 0 Å². The molecule has 1 aromatic heterocycles. The highest BCUT2D eigenvalue weighted by atomic mass is 16.5. The molecule has 0 bridgehead atoms. The van der Waals surface area contributed by atoms with Gasteiger partial charge in [0.05, 0.1) is 6.04 Å². The van der Waals surface area contributed by atoms with Gasteiger partial charge in [-0.3, -0.25) is 0 Å². The molecular formula is C14H25N3O2.